The summed E-state index contributed by atoms with van der Waals surface area (Å²) in [6.07, 6.45) is 26.4. The molecule has 0 radical (unpaired) electrons. The van der Waals surface area contributed by atoms with Gasteiger partial charge in [0.2, 0.25) is 0 Å². The van der Waals surface area contributed by atoms with Gasteiger partial charge in [-0.1, -0.05) is 75.3 Å². The minimum absolute atomic E-state index is 0.0935. The number of rotatable bonds is 19. The molecule has 1 N–H and O–H groups in total. The topological polar surface area (TPSA) is 72.8 Å². The van der Waals surface area contributed by atoms with Gasteiger partial charge in [-0.05, 0) is 44.9 Å². The van der Waals surface area contributed by atoms with Crippen molar-refractivity contribution >= 4 is 11.9 Å². The lowest BCUT2D eigenvalue weighted by Gasteiger charge is -2.15. The molecular formula is C26H42O5. The molecule has 0 aromatic carbocycles. The molecule has 0 rings (SSSR count). The third-order valence-electron chi connectivity index (χ3n) is 4.44. The largest absolute Gasteiger partial charge is 0.462 e. The average Bonchev–Trinajstić information content (AvgIpc) is 2.78. The summed E-state index contributed by atoms with van der Waals surface area (Å²) >= 11 is 0. The Morgan fingerprint density at radius 2 is 1.35 bits per heavy atom. The molecule has 0 spiro atoms. The zero-order valence-corrected chi connectivity index (χ0v) is 19.5. The number of carbonyl (C=O) groups excluding carboxylic acids is 2. The van der Waals surface area contributed by atoms with Gasteiger partial charge in [-0.15, -0.1) is 0 Å². The number of ether oxygens (including phenoxy) is 2. The fourth-order valence-electron chi connectivity index (χ4n) is 2.64. The first-order valence-electron chi connectivity index (χ1n) is 11.7. The van der Waals surface area contributed by atoms with Crippen LogP contribution in [-0.2, 0) is 19.1 Å². The number of allylic oxidation sites excluding steroid dienone is 8. The number of unbranched alkanes of at least 4 members (excludes halogenated alkanes) is 4. The Morgan fingerprint density at radius 3 is 1.94 bits per heavy atom. The summed E-state index contributed by atoms with van der Waals surface area (Å²) in [5, 5.41) is 9.20. The molecule has 176 valence electrons. The minimum Gasteiger partial charge on any atom is -0.462 e. The van der Waals surface area contributed by atoms with E-state index in [-0.39, 0.29) is 31.6 Å². The molecule has 0 bridgehead atoms. The molecule has 0 fully saturated rings. The van der Waals surface area contributed by atoms with Crippen molar-refractivity contribution in [2.75, 3.05) is 13.2 Å². The van der Waals surface area contributed by atoms with Crippen molar-refractivity contribution in [2.24, 2.45) is 0 Å². The first kappa shape index (κ1) is 28.9. The predicted molar refractivity (Wildman–Crippen MR) is 127 cm³/mol. The lowest BCUT2D eigenvalue weighted by Crippen LogP contribution is -2.28. The Morgan fingerprint density at radius 1 is 0.774 bits per heavy atom. The molecule has 0 amide bonds. The molecule has 5 heteroatoms. The Labute approximate surface area is 188 Å². The predicted octanol–water partition coefficient (Wildman–Crippen LogP) is 5.99. The molecule has 0 heterocycles. The maximum absolute atomic E-state index is 11.8. The molecule has 5 nitrogen and oxygen atoms in total. The molecule has 1 atom stereocenters. The second kappa shape index (κ2) is 22.5. The van der Waals surface area contributed by atoms with Crippen LogP contribution in [0.25, 0.3) is 0 Å². The van der Waals surface area contributed by atoms with Gasteiger partial charge >= 0.3 is 11.9 Å². The summed E-state index contributed by atoms with van der Waals surface area (Å²) in [6.45, 7) is 3.38. The van der Waals surface area contributed by atoms with Crippen molar-refractivity contribution < 1.29 is 24.2 Å². The van der Waals surface area contributed by atoms with E-state index in [4.69, 9.17) is 9.47 Å². The molecule has 1 unspecified atom stereocenters. The van der Waals surface area contributed by atoms with Crippen molar-refractivity contribution in [3.63, 3.8) is 0 Å². The van der Waals surface area contributed by atoms with Gasteiger partial charge in [0.05, 0.1) is 6.61 Å². The molecule has 0 aliphatic rings. The van der Waals surface area contributed by atoms with E-state index >= 15 is 0 Å². The van der Waals surface area contributed by atoms with Crippen LogP contribution >= 0.6 is 0 Å². The lowest BCUT2D eigenvalue weighted by molar-refractivity contribution is -0.161. The van der Waals surface area contributed by atoms with E-state index in [1.165, 1.54) is 0 Å². The standard InChI is InChI=1S/C26H42O5/c1-3-5-6-7-8-9-10-11-12-13-14-15-16-17-18-19-20-21-26(29)31-24(22-27)23-30-25(28)4-2/h5-6,8-9,11-12,14-15,24,27H,3-4,7,10,13,16-23H2,1-2H3/b6-5-,9-8-,12-11-,15-14-. The third kappa shape index (κ3) is 20.9. The molecule has 0 saturated heterocycles. The quantitative estimate of drug-likeness (QED) is 0.154. The van der Waals surface area contributed by atoms with Crippen molar-refractivity contribution in [1.82, 2.24) is 0 Å². The fourth-order valence-corrected chi connectivity index (χ4v) is 2.64. The number of hydrogen-bond acceptors (Lipinski definition) is 5. The SMILES string of the molecule is CC/C=C\C/C=C\C/C=C\C/C=C\CCCCCCC(=O)OC(CO)COC(=O)CC. The normalized spacial score (nSPS) is 13.0. The van der Waals surface area contributed by atoms with Gasteiger partial charge in [0.25, 0.3) is 0 Å². The Balaban J connectivity index is 3.60. The molecule has 0 aromatic rings. The van der Waals surface area contributed by atoms with E-state index in [2.05, 4.69) is 55.5 Å². The summed E-state index contributed by atoms with van der Waals surface area (Å²) in [5.41, 5.74) is 0. The Bertz CT molecular complexity index is 560. The summed E-state index contributed by atoms with van der Waals surface area (Å²) in [7, 11) is 0. The van der Waals surface area contributed by atoms with Crippen LogP contribution in [-0.4, -0.2) is 36.4 Å². The van der Waals surface area contributed by atoms with E-state index in [0.717, 1.165) is 57.8 Å². The van der Waals surface area contributed by atoms with E-state index in [1.807, 2.05) is 0 Å². The van der Waals surface area contributed by atoms with Crippen LogP contribution in [0.3, 0.4) is 0 Å². The monoisotopic (exact) mass is 434 g/mol. The van der Waals surface area contributed by atoms with Gasteiger partial charge in [0.15, 0.2) is 6.10 Å². The smallest absolute Gasteiger partial charge is 0.306 e. The summed E-state index contributed by atoms with van der Waals surface area (Å²) < 4.78 is 10.0. The summed E-state index contributed by atoms with van der Waals surface area (Å²) in [5.74, 6) is -0.728. The highest BCUT2D eigenvalue weighted by molar-refractivity contribution is 5.70. The van der Waals surface area contributed by atoms with E-state index in [1.54, 1.807) is 6.92 Å². The van der Waals surface area contributed by atoms with Gasteiger partial charge < -0.3 is 14.6 Å². The second-order valence-corrected chi connectivity index (χ2v) is 7.28. The van der Waals surface area contributed by atoms with Crippen molar-refractivity contribution in [2.45, 2.75) is 90.6 Å². The Kier molecular flexibility index (Phi) is 21.0. The maximum Gasteiger partial charge on any atom is 0.306 e. The molecule has 0 aliphatic heterocycles. The fraction of sp³-hybridized carbons (Fsp3) is 0.615. The third-order valence-corrected chi connectivity index (χ3v) is 4.44. The van der Waals surface area contributed by atoms with Gasteiger partial charge in [0, 0.05) is 12.8 Å². The van der Waals surface area contributed by atoms with Gasteiger partial charge in [-0.25, -0.2) is 0 Å². The summed E-state index contributed by atoms with van der Waals surface area (Å²) in [4.78, 5) is 22.9. The number of hydrogen-bond donors (Lipinski definition) is 1. The number of carbonyl (C=O) groups is 2. The Hall–Kier alpha value is -2.14. The molecule has 0 aromatic heterocycles. The van der Waals surface area contributed by atoms with Crippen molar-refractivity contribution in [1.29, 1.82) is 0 Å². The van der Waals surface area contributed by atoms with Gasteiger partial charge in [0.1, 0.15) is 6.61 Å². The van der Waals surface area contributed by atoms with Crippen LogP contribution in [0.2, 0.25) is 0 Å². The molecule has 31 heavy (non-hydrogen) atoms. The van der Waals surface area contributed by atoms with Crippen molar-refractivity contribution in [3.05, 3.63) is 48.6 Å². The van der Waals surface area contributed by atoms with Crippen LogP contribution in [0, 0.1) is 0 Å². The highest BCUT2D eigenvalue weighted by Gasteiger charge is 2.15. The molecule has 0 aliphatic carbocycles. The van der Waals surface area contributed by atoms with E-state index in [0.29, 0.717) is 6.42 Å². The number of aliphatic hydroxyl groups excluding tert-OH is 1. The van der Waals surface area contributed by atoms with E-state index < -0.39 is 6.10 Å². The minimum atomic E-state index is -0.777. The van der Waals surface area contributed by atoms with Crippen LogP contribution in [0.5, 0.6) is 0 Å². The maximum atomic E-state index is 11.8. The lowest BCUT2D eigenvalue weighted by atomic mass is 10.1. The van der Waals surface area contributed by atoms with Crippen molar-refractivity contribution in [3.8, 4) is 0 Å². The van der Waals surface area contributed by atoms with Gasteiger partial charge in [-0.2, -0.15) is 0 Å². The zero-order valence-electron chi connectivity index (χ0n) is 19.5. The average molecular weight is 435 g/mol. The highest BCUT2D eigenvalue weighted by atomic mass is 16.6. The second-order valence-electron chi connectivity index (χ2n) is 7.28. The first-order chi connectivity index (χ1) is 15.1. The van der Waals surface area contributed by atoms with Crippen LogP contribution in [0.4, 0.5) is 0 Å². The van der Waals surface area contributed by atoms with Crippen LogP contribution in [0.1, 0.15) is 84.5 Å². The highest BCUT2D eigenvalue weighted by Crippen LogP contribution is 2.08. The summed E-state index contributed by atoms with van der Waals surface area (Å²) in [6, 6.07) is 0. The first-order valence-corrected chi connectivity index (χ1v) is 11.7. The van der Waals surface area contributed by atoms with Crippen LogP contribution in [0.15, 0.2) is 48.6 Å². The van der Waals surface area contributed by atoms with Crippen LogP contribution < -0.4 is 0 Å². The van der Waals surface area contributed by atoms with Gasteiger partial charge in [-0.3, -0.25) is 9.59 Å². The molecular weight excluding hydrogens is 392 g/mol. The number of esters is 2. The number of aliphatic hydroxyl groups is 1. The van der Waals surface area contributed by atoms with E-state index in [9.17, 15) is 14.7 Å². The molecule has 0 saturated carbocycles. The zero-order chi connectivity index (χ0) is 23.0.